The highest BCUT2D eigenvalue weighted by Crippen LogP contribution is 2.14. The second-order valence-corrected chi connectivity index (χ2v) is 4.66. The van der Waals surface area contributed by atoms with Gasteiger partial charge in [-0.3, -0.25) is 4.79 Å². The summed E-state index contributed by atoms with van der Waals surface area (Å²) in [5.74, 6) is 0.323. The highest BCUT2D eigenvalue weighted by molar-refractivity contribution is 7.98. The lowest BCUT2D eigenvalue weighted by molar-refractivity contribution is -0.137. The molecule has 0 aliphatic heterocycles. The number of hydrogen-bond acceptors (Lipinski definition) is 3. The second-order valence-electron chi connectivity index (χ2n) is 3.63. The van der Waals surface area contributed by atoms with Gasteiger partial charge in [0.05, 0.1) is 0 Å². The van der Waals surface area contributed by atoms with E-state index in [-0.39, 0.29) is 0 Å². The molecule has 0 aliphatic rings. The number of thioether (sulfide) groups is 1. The highest BCUT2D eigenvalue weighted by atomic mass is 32.2. The summed E-state index contributed by atoms with van der Waals surface area (Å²) in [4.78, 5) is 10.5. The van der Waals surface area contributed by atoms with Gasteiger partial charge in [-0.25, -0.2) is 0 Å². The lowest BCUT2D eigenvalue weighted by atomic mass is 10.1. The monoisotopic (exact) mass is 239 g/mol. The van der Waals surface area contributed by atoms with Gasteiger partial charge in [-0.05, 0) is 17.5 Å². The van der Waals surface area contributed by atoms with Gasteiger partial charge in [0.1, 0.15) is 6.04 Å². The summed E-state index contributed by atoms with van der Waals surface area (Å²) in [7, 11) is 0. The molecule has 88 valence electrons. The number of carbonyl (C=O) groups is 1. The molecule has 0 radical (unpaired) electrons. The summed E-state index contributed by atoms with van der Waals surface area (Å²) in [6.45, 7) is 2.12. The molecule has 0 amide bonds. The maximum Gasteiger partial charge on any atom is 0.321 e. The summed E-state index contributed by atoms with van der Waals surface area (Å²) in [5, 5.41) is 8.61. The molecule has 0 aromatic heterocycles. The molecule has 0 fully saturated rings. The SMILES string of the molecule is CCc1ccc(CSC[C@@H](N)C(=O)O)cc1. The molecule has 0 spiro atoms. The van der Waals surface area contributed by atoms with Gasteiger partial charge in [0.15, 0.2) is 0 Å². The zero-order valence-corrected chi connectivity index (χ0v) is 10.2. The molecule has 1 aromatic rings. The molecular weight excluding hydrogens is 222 g/mol. The fourth-order valence-corrected chi connectivity index (χ4v) is 2.19. The fraction of sp³-hybridized carbons (Fsp3) is 0.417. The zero-order valence-electron chi connectivity index (χ0n) is 9.35. The summed E-state index contributed by atoms with van der Waals surface area (Å²) in [6.07, 6.45) is 1.04. The average molecular weight is 239 g/mol. The number of aliphatic carboxylic acids is 1. The molecule has 1 atom stereocenters. The van der Waals surface area contributed by atoms with Crippen LogP contribution in [0, 0.1) is 0 Å². The molecule has 16 heavy (non-hydrogen) atoms. The van der Waals surface area contributed by atoms with Crippen LogP contribution in [-0.2, 0) is 17.0 Å². The Morgan fingerprint density at radius 3 is 2.44 bits per heavy atom. The van der Waals surface area contributed by atoms with Crippen molar-refractivity contribution >= 4 is 17.7 Å². The minimum absolute atomic E-state index is 0.449. The van der Waals surface area contributed by atoms with Crippen LogP contribution in [0.4, 0.5) is 0 Å². The Balaban J connectivity index is 2.34. The number of aryl methyl sites for hydroxylation is 1. The molecule has 3 N–H and O–H groups in total. The van der Waals surface area contributed by atoms with E-state index in [0.717, 1.165) is 12.2 Å². The Hall–Kier alpha value is -1.00. The quantitative estimate of drug-likeness (QED) is 0.795. The van der Waals surface area contributed by atoms with E-state index in [0.29, 0.717) is 5.75 Å². The molecule has 4 heteroatoms. The molecule has 1 aromatic carbocycles. The van der Waals surface area contributed by atoms with Crippen LogP contribution < -0.4 is 5.73 Å². The number of nitrogens with two attached hydrogens (primary N) is 1. The molecule has 0 saturated heterocycles. The van der Waals surface area contributed by atoms with Crippen LogP contribution in [0.1, 0.15) is 18.1 Å². The maximum atomic E-state index is 10.5. The summed E-state index contributed by atoms with van der Waals surface area (Å²) >= 11 is 1.55. The predicted octanol–water partition coefficient (Wildman–Crippen LogP) is 1.89. The van der Waals surface area contributed by atoms with Crippen molar-refractivity contribution < 1.29 is 9.90 Å². The minimum atomic E-state index is -0.936. The molecular formula is C12H17NO2S. The average Bonchev–Trinajstić information content (AvgIpc) is 2.29. The first-order valence-electron chi connectivity index (χ1n) is 5.27. The van der Waals surface area contributed by atoms with Gasteiger partial charge in [0.2, 0.25) is 0 Å². The van der Waals surface area contributed by atoms with Gasteiger partial charge in [-0.2, -0.15) is 11.8 Å². The van der Waals surface area contributed by atoms with E-state index in [4.69, 9.17) is 10.8 Å². The van der Waals surface area contributed by atoms with E-state index in [1.54, 1.807) is 11.8 Å². The molecule has 0 aliphatic carbocycles. The van der Waals surface area contributed by atoms with E-state index in [1.165, 1.54) is 11.1 Å². The largest absolute Gasteiger partial charge is 0.480 e. The Morgan fingerprint density at radius 2 is 1.94 bits per heavy atom. The van der Waals surface area contributed by atoms with Crippen molar-refractivity contribution in [2.24, 2.45) is 5.73 Å². The minimum Gasteiger partial charge on any atom is -0.480 e. The Kier molecular flexibility index (Phi) is 5.35. The molecule has 0 unspecified atom stereocenters. The van der Waals surface area contributed by atoms with E-state index in [9.17, 15) is 4.79 Å². The molecule has 1 rings (SSSR count). The van der Waals surface area contributed by atoms with Crippen molar-refractivity contribution in [3.05, 3.63) is 35.4 Å². The van der Waals surface area contributed by atoms with E-state index in [1.807, 2.05) is 0 Å². The predicted molar refractivity (Wildman–Crippen MR) is 67.6 cm³/mol. The van der Waals surface area contributed by atoms with Crippen LogP contribution in [0.5, 0.6) is 0 Å². The van der Waals surface area contributed by atoms with Crippen molar-refractivity contribution in [1.29, 1.82) is 0 Å². The van der Waals surface area contributed by atoms with E-state index < -0.39 is 12.0 Å². The lowest BCUT2D eigenvalue weighted by Gasteiger charge is -2.06. The van der Waals surface area contributed by atoms with Crippen LogP contribution in [0.2, 0.25) is 0 Å². The van der Waals surface area contributed by atoms with Crippen LogP contribution >= 0.6 is 11.8 Å². The van der Waals surface area contributed by atoms with Crippen LogP contribution in [0.15, 0.2) is 24.3 Å². The molecule has 3 nitrogen and oxygen atoms in total. The number of carboxylic acid groups (broad SMARTS) is 1. The van der Waals surface area contributed by atoms with Crippen LogP contribution in [-0.4, -0.2) is 22.9 Å². The van der Waals surface area contributed by atoms with Gasteiger partial charge < -0.3 is 10.8 Å². The third-order valence-electron chi connectivity index (χ3n) is 2.31. The first-order valence-corrected chi connectivity index (χ1v) is 6.43. The Bertz CT molecular complexity index is 337. The Morgan fingerprint density at radius 1 is 1.38 bits per heavy atom. The van der Waals surface area contributed by atoms with Crippen molar-refractivity contribution in [2.45, 2.75) is 25.1 Å². The van der Waals surface area contributed by atoms with Crippen molar-refractivity contribution in [2.75, 3.05) is 5.75 Å². The summed E-state index contributed by atoms with van der Waals surface area (Å²) < 4.78 is 0. The fourth-order valence-electron chi connectivity index (χ4n) is 1.25. The normalized spacial score (nSPS) is 12.4. The Labute approximate surface area is 100 Å². The van der Waals surface area contributed by atoms with Crippen molar-refractivity contribution in [3.8, 4) is 0 Å². The molecule has 0 heterocycles. The first kappa shape index (κ1) is 13.1. The summed E-state index contributed by atoms with van der Waals surface area (Å²) in [6, 6.07) is 7.61. The van der Waals surface area contributed by atoms with Crippen LogP contribution in [0.3, 0.4) is 0 Å². The van der Waals surface area contributed by atoms with Crippen LogP contribution in [0.25, 0.3) is 0 Å². The van der Waals surface area contributed by atoms with E-state index >= 15 is 0 Å². The van der Waals surface area contributed by atoms with Gasteiger partial charge in [-0.1, -0.05) is 31.2 Å². The third kappa shape index (κ3) is 4.24. The van der Waals surface area contributed by atoms with Gasteiger partial charge in [-0.15, -0.1) is 0 Å². The van der Waals surface area contributed by atoms with Gasteiger partial charge >= 0.3 is 5.97 Å². The lowest BCUT2D eigenvalue weighted by Crippen LogP contribution is -2.32. The standard InChI is InChI=1S/C12H17NO2S/c1-2-9-3-5-10(6-4-9)7-16-8-11(13)12(14)15/h3-6,11H,2,7-8,13H2,1H3,(H,14,15)/t11-/m1/s1. The van der Waals surface area contributed by atoms with E-state index in [2.05, 4.69) is 31.2 Å². The number of hydrogen-bond donors (Lipinski definition) is 2. The topological polar surface area (TPSA) is 63.3 Å². The number of rotatable bonds is 6. The van der Waals surface area contributed by atoms with Gasteiger partial charge in [0.25, 0.3) is 0 Å². The smallest absolute Gasteiger partial charge is 0.321 e. The highest BCUT2D eigenvalue weighted by Gasteiger charge is 2.10. The zero-order chi connectivity index (χ0) is 12.0. The number of benzene rings is 1. The number of carboxylic acids is 1. The third-order valence-corrected chi connectivity index (χ3v) is 3.45. The first-order chi connectivity index (χ1) is 7.63. The molecule has 0 bridgehead atoms. The van der Waals surface area contributed by atoms with Crippen molar-refractivity contribution in [1.82, 2.24) is 0 Å². The van der Waals surface area contributed by atoms with Gasteiger partial charge in [0, 0.05) is 11.5 Å². The second kappa shape index (κ2) is 6.55. The maximum absolute atomic E-state index is 10.5. The summed E-state index contributed by atoms with van der Waals surface area (Å²) in [5.41, 5.74) is 7.93. The van der Waals surface area contributed by atoms with Crippen molar-refractivity contribution in [3.63, 3.8) is 0 Å². The molecule has 0 saturated carbocycles.